The lowest BCUT2D eigenvalue weighted by Crippen LogP contribution is -2.22. The Labute approximate surface area is 222 Å². The molecule has 1 atom stereocenters. The molecular formula is C30H31N3O5. The minimum absolute atomic E-state index is 0.155. The Morgan fingerprint density at radius 1 is 0.974 bits per heavy atom. The molecular weight excluding hydrogens is 482 g/mol. The first kappa shape index (κ1) is 25.5. The number of hydrogen-bond acceptors (Lipinski definition) is 7. The molecule has 5 rings (SSSR count). The summed E-state index contributed by atoms with van der Waals surface area (Å²) in [6.45, 7) is 9.33. The van der Waals surface area contributed by atoms with Gasteiger partial charge < -0.3 is 19.5 Å². The summed E-state index contributed by atoms with van der Waals surface area (Å²) in [5.74, 6) is -0.0414. The summed E-state index contributed by atoms with van der Waals surface area (Å²) < 4.78 is 16.2. The van der Waals surface area contributed by atoms with Crippen molar-refractivity contribution in [3.05, 3.63) is 82.9 Å². The number of nitrogens with one attached hydrogen (secondary N) is 1. The molecule has 2 heterocycles. The van der Waals surface area contributed by atoms with Gasteiger partial charge in [-0.15, -0.1) is 0 Å². The van der Waals surface area contributed by atoms with Gasteiger partial charge in [0.1, 0.15) is 5.92 Å². The zero-order valence-corrected chi connectivity index (χ0v) is 21.8. The van der Waals surface area contributed by atoms with E-state index in [9.17, 15) is 9.59 Å². The molecule has 2 aliphatic heterocycles. The lowest BCUT2D eigenvalue weighted by Gasteiger charge is -2.18. The van der Waals surface area contributed by atoms with E-state index in [-0.39, 0.29) is 19.3 Å². The van der Waals surface area contributed by atoms with E-state index in [2.05, 4.69) is 36.2 Å². The lowest BCUT2D eigenvalue weighted by molar-refractivity contribution is -0.115. The van der Waals surface area contributed by atoms with Crippen molar-refractivity contribution < 1.29 is 23.8 Å². The molecule has 0 saturated carbocycles. The van der Waals surface area contributed by atoms with Gasteiger partial charge in [0.25, 0.3) is 0 Å². The molecule has 1 N–H and O–H groups in total. The quantitative estimate of drug-likeness (QED) is 0.309. The van der Waals surface area contributed by atoms with Crippen LogP contribution in [0, 0.1) is 0 Å². The average Bonchev–Trinajstić information content (AvgIpc) is 3.53. The Balaban J connectivity index is 1.54. The minimum atomic E-state index is -0.669. The van der Waals surface area contributed by atoms with Crippen LogP contribution in [0.15, 0.2) is 65.7 Å². The molecule has 38 heavy (non-hydrogen) atoms. The number of aliphatic imine (C=N–C) groups is 1. The van der Waals surface area contributed by atoms with Crippen LogP contribution in [-0.2, 0) is 16.1 Å². The second kappa shape index (κ2) is 11.1. The summed E-state index contributed by atoms with van der Waals surface area (Å²) in [4.78, 5) is 32.9. The third-order valence-electron chi connectivity index (χ3n) is 6.82. The standard InChI is InChI=1S/C30H31N3O5/c1-4-33(5-2)17-19-7-11-22(12-8-19)31-28(20-10-14-25-26(16-20)38-18-37-25)27-23-13-9-21(30(35)36-6-3)15-24(23)32-29(27)34/h7-16,27H,4-6,17-18H2,1-3H3,(H,32,34). The largest absolute Gasteiger partial charge is 0.462 e. The van der Waals surface area contributed by atoms with Gasteiger partial charge in [0, 0.05) is 17.8 Å². The van der Waals surface area contributed by atoms with Gasteiger partial charge in [-0.05, 0) is 73.6 Å². The number of esters is 1. The molecule has 8 nitrogen and oxygen atoms in total. The van der Waals surface area contributed by atoms with Crippen LogP contribution in [0.2, 0.25) is 0 Å². The van der Waals surface area contributed by atoms with Gasteiger partial charge in [0.05, 0.1) is 23.6 Å². The highest BCUT2D eigenvalue weighted by molar-refractivity contribution is 6.24. The van der Waals surface area contributed by atoms with E-state index >= 15 is 0 Å². The molecule has 0 saturated heterocycles. The van der Waals surface area contributed by atoms with Crippen LogP contribution < -0.4 is 14.8 Å². The summed E-state index contributed by atoms with van der Waals surface area (Å²) in [5.41, 5.74) is 4.99. The van der Waals surface area contributed by atoms with Crippen molar-refractivity contribution in [3.8, 4) is 11.5 Å². The fraction of sp³-hybridized carbons (Fsp3) is 0.300. The monoisotopic (exact) mass is 513 g/mol. The summed E-state index contributed by atoms with van der Waals surface area (Å²) >= 11 is 0. The van der Waals surface area contributed by atoms with Gasteiger partial charge >= 0.3 is 5.97 Å². The summed E-state index contributed by atoms with van der Waals surface area (Å²) in [6.07, 6.45) is 0. The van der Waals surface area contributed by atoms with Crippen molar-refractivity contribution in [1.82, 2.24) is 4.90 Å². The zero-order chi connectivity index (χ0) is 26.6. The molecule has 8 heteroatoms. The highest BCUT2D eigenvalue weighted by atomic mass is 16.7. The molecule has 3 aromatic rings. The van der Waals surface area contributed by atoms with Crippen molar-refractivity contribution in [1.29, 1.82) is 0 Å². The predicted molar refractivity (Wildman–Crippen MR) is 146 cm³/mol. The predicted octanol–water partition coefficient (Wildman–Crippen LogP) is 5.29. The number of ether oxygens (including phenoxy) is 3. The Morgan fingerprint density at radius 2 is 1.71 bits per heavy atom. The van der Waals surface area contributed by atoms with Crippen molar-refractivity contribution >= 4 is 29.0 Å². The number of carbonyl (C=O) groups is 2. The molecule has 0 radical (unpaired) electrons. The normalized spacial score (nSPS) is 15.9. The van der Waals surface area contributed by atoms with E-state index in [0.717, 1.165) is 36.4 Å². The molecule has 196 valence electrons. The van der Waals surface area contributed by atoms with Crippen LogP contribution in [0.3, 0.4) is 0 Å². The maximum Gasteiger partial charge on any atom is 0.338 e. The summed E-state index contributed by atoms with van der Waals surface area (Å²) in [5, 5.41) is 2.93. The number of amides is 1. The molecule has 1 unspecified atom stereocenters. The highest BCUT2D eigenvalue weighted by Gasteiger charge is 2.36. The smallest absolute Gasteiger partial charge is 0.338 e. The van der Waals surface area contributed by atoms with Crippen molar-refractivity contribution in [3.63, 3.8) is 0 Å². The first-order valence-corrected chi connectivity index (χ1v) is 12.9. The molecule has 2 aliphatic rings. The van der Waals surface area contributed by atoms with Gasteiger partial charge in [-0.2, -0.15) is 0 Å². The van der Waals surface area contributed by atoms with Crippen LogP contribution in [0.4, 0.5) is 11.4 Å². The van der Waals surface area contributed by atoms with Gasteiger partial charge in [-0.1, -0.05) is 32.0 Å². The number of anilines is 1. The van der Waals surface area contributed by atoms with Crippen LogP contribution in [0.25, 0.3) is 0 Å². The van der Waals surface area contributed by atoms with Crippen LogP contribution >= 0.6 is 0 Å². The lowest BCUT2D eigenvalue weighted by atomic mass is 9.90. The second-order valence-electron chi connectivity index (χ2n) is 9.14. The Bertz CT molecular complexity index is 1380. The number of rotatable bonds is 9. The van der Waals surface area contributed by atoms with E-state index in [0.29, 0.717) is 28.5 Å². The number of fused-ring (bicyclic) bond motifs is 2. The molecule has 1 amide bonds. The number of hydrogen-bond donors (Lipinski definition) is 1. The van der Waals surface area contributed by atoms with E-state index < -0.39 is 11.9 Å². The van der Waals surface area contributed by atoms with E-state index in [1.54, 1.807) is 25.1 Å². The first-order chi connectivity index (χ1) is 18.5. The van der Waals surface area contributed by atoms with Crippen LogP contribution in [-0.4, -0.2) is 49.0 Å². The van der Waals surface area contributed by atoms with Crippen molar-refractivity contribution in [2.45, 2.75) is 33.2 Å². The van der Waals surface area contributed by atoms with Crippen molar-refractivity contribution in [2.75, 3.05) is 31.8 Å². The fourth-order valence-electron chi connectivity index (χ4n) is 4.75. The van der Waals surface area contributed by atoms with Gasteiger partial charge in [0.2, 0.25) is 12.7 Å². The molecule has 3 aromatic carbocycles. The van der Waals surface area contributed by atoms with Gasteiger partial charge in [-0.3, -0.25) is 14.7 Å². The number of carbonyl (C=O) groups excluding carboxylic acids is 2. The minimum Gasteiger partial charge on any atom is -0.462 e. The number of nitrogens with zero attached hydrogens (tertiary/aromatic N) is 2. The Kier molecular flexibility index (Phi) is 7.42. The second-order valence-corrected chi connectivity index (χ2v) is 9.14. The van der Waals surface area contributed by atoms with E-state index in [4.69, 9.17) is 19.2 Å². The Hall–Kier alpha value is -4.17. The topological polar surface area (TPSA) is 89.5 Å². The first-order valence-electron chi connectivity index (χ1n) is 12.9. The molecule has 0 aliphatic carbocycles. The van der Waals surface area contributed by atoms with E-state index in [1.165, 1.54) is 5.56 Å². The van der Waals surface area contributed by atoms with E-state index in [1.807, 2.05) is 30.3 Å². The van der Waals surface area contributed by atoms with Crippen LogP contribution in [0.1, 0.15) is 53.7 Å². The zero-order valence-electron chi connectivity index (χ0n) is 21.8. The summed E-state index contributed by atoms with van der Waals surface area (Å²) in [7, 11) is 0. The average molecular weight is 514 g/mol. The highest BCUT2D eigenvalue weighted by Crippen LogP contribution is 2.39. The molecule has 0 spiro atoms. The maximum absolute atomic E-state index is 13.3. The maximum atomic E-state index is 13.3. The summed E-state index contributed by atoms with van der Waals surface area (Å²) in [6, 6.07) is 18.8. The molecule has 0 bridgehead atoms. The molecule has 0 aromatic heterocycles. The SMILES string of the molecule is CCOC(=O)c1ccc2c(c1)NC(=O)C2C(=Nc1ccc(CN(CC)CC)cc1)c1ccc2c(c1)OCO2. The van der Waals surface area contributed by atoms with Crippen LogP contribution in [0.5, 0.6) is 11.5 Å². The van der Waals surface area contributed by atoms with Gasteiger partial charge in [-0.25, -0.2) is 4.79 Å². The third kappa shape index (κ3) is 5.13. The third-order valence-corrected chi connectivity index (χ3v) is 6.82. The van der Waals surface area contributed by atoms with Crippen molar-refractivity contribution in [2.24, 2.45) is 4.99 Å². The number of benzene rings is 3. The van der Waals surface area contributed by atoms with Gasteiger partial charge in [0.15, 0.2) is 11.5 Å². The molecule has 0 fully saturated rings. The fourth-order valence-corrected chi connectivity index (χ4v) is 4.75. The Morgan fingerprint density at radius 3 is 2.45 bits per heavy atom.